The smallest absolute Gasteiger partial charge is 0.0342 e. The Morgan fingerprint density at radius 2 is 1.67 bits per heavy atom. The fourth-order valence-corrected chi connectivity index (χ4v) is 3.08. The molecule has 1 heteroatoms. The van der Waals surface area contributed by atoms with Crippen LogP contribution in [-0.4, -0.2) is 6.04 Å². The van der Waals surface area contributed by atoms with Crippen molar-refractivity contribution < 1.29 is 0 Å². The molecule has 2 atom stereocenters. The summed E-state index contributed by atoms with van der Waals surface area (Å²) in [5, 5.41) is 3.69. The Labute approximate surface area is 112 Å². The Morgan fingerprint density at radius 1 is 0.944 bits per heavy atom. The second kappa shape index (κ2) is 5.77. The van der Waals surface area contributed by atoms with Crippen molar-refractivity contribution in [2.45, 2.75) is 58.9 Å². The molecule has 0 aromatic heterocycles. The zero-order valence-electron chi connectivity index (χ0n) is 12.1. The van der Waals surface area contributed by atoms with E-state index in [4.69, 9.17) is 0 Å². The fraction of sp³-hybridized carbons (Fsp3) is 0.647. The van der Waals surface area contributed by atoms with E-state index in [1.165, 1.54) is 37.8 Å². The molecule has 0 bridgehead atoms. The van der Waals surface area contributed by atoms with E-state index < -0.39 is 0 Å². The summed E-state index contributed by atoms with van der Waals surface area (Å²) in [6.07, 6.45) is 6.77. The fourth-order valence-electron chi connectivity index (χ4n) is 3.08. The molecule has 1 N–H and O–H groups in total. The highest BCUT2D eigenvalue weighted by Crippen LogP contribution is 2.37. The number of benzene rings is 1. The zero-order chi connectivity index (χ0) is 13.0. The molecule has 0 aliphatic heterocycles. The maximum absolute atomic E-state index is 3.69. The lowest BCUT2D eigenvalue weighted by Gasteiger charge is -2.29. The summed E-state index contributed by atoms with van der Waals surface area (Å²) in [6.45, 7) is 7.17. The van der Waals surface area contributed by atoms with Crippen LogP contribution in [0.5, 0.6) is 0 Å². The summed E-state index contributed by atoms with van der Waals surface area (Å²) in [7, 11) is 0. The molecule has 1 aromatic rings. The normalized spacial score (nSPS) is 25.5. The van der Waals surface area contributed by atoms with Gasteiger partial charge in [-0.2, -0.15) is 0 Å². The summed E-state index contributed by atoms with van der Waals surface area (Å²) in [5.41, 5.74) is 1.75. The lowest BCUT2D eigenvalue weighted by atomic mass is 9.76. The maximum Gasteiger partial charge on any atom is 0.0342 e. The Kier molecular flexibility index (Phi) is 4.31. The summed E-state index contributed by atoms with van der Waals surface area (Å²) >= 11 is 0. The molecule has 1 aromatic carbocycles. The van der Waals surface area contributed by atoms with Crippen molar-refractivity contribution >= 4 is 5.69 Å². The molecule has 100 valence electrons. The van der Waals surface area contributed by atoms with Crippen LogP contribution in [-0.2, 0) is 0 Å². The predicted octanol–water partition coefficient (Wildman–Crippen LogP) is 5.09. The van der Waals surface area contributed by atoms with E-state index in [9.17, 15) is 0 Å². The predicted molar refractivity (Wildman–Crippen MR) is 79.9 cm³/mol. The summed E-state index contributed by atoms with van der Waals surface area (Å²) in [5.74, 6) is 0.889. The second-order valence-corrected chi connectivity index (χ2v) is 6.78. The average Bonchev–Trinajstić information content (AvgIpc) is 2.55. The van der Waals surface area contributed by atoms with E-state index in [1.54, 1.807) is 0 Å². The number of anilines is 1. The molecule has 2 rings (SSSR count). The maximum atomic E-state index is 3.69. The molecule has 2 unspecified atom stereocenters. The molecule has 1 nitrogen and oxygen atoms in total. The van der Waals surface area contributed by atoms with Crippen molar-refractivity contribution in [3.63, 3.8) is 0 Å². The van der Waals surface area contributed by atoms with Gasteiger partial charge in [-0.25, -0.2) is 0 Å². The largest absolute Gasteiger partial charge is 0.382 e. The first-order valence-electron chi connectivity index (χ1n) is 7.37. The van der Waals surface area contributed by atoms with Crippen molar-refractivity contribution in [2.24, 2.45) is 11.3 Å². The van der Waals surface area contributed by atoms with Gasteiger partial charge in [-0.3, -0.25) is 0 Å². The van der Waals surface area contributed by atoms with E-state index in [-0.39, 0.29) is 0 Å². The van der Waals surface area contributed by atoms with Gasteiger partial charge < -0.3 is 5.32 Å². The minimum absolute atomic E-state index is 0.474. The van der Waals surface area contributed by atoms with Crippen LogP contribution in [0.3, 0.4) is 0 Å². The van der Waals surface area contributed by atoms with Gasteiger partial charge in [0.2, 0.25) is 0 Å². The molecule has 1 saturated carbocycles. The number of para-hydroxylation sites is 1. The molecule has 0 saturated heterocycles. The molecule has 1 aliphatic carbocycles. The standard InChI is InChI=1S/C17H27N/c1-17(2,3)14-8-7-11-16(13-12-14)18-15-9-5-4-6-10-15/h4-6,9-10,14,16,18H,7-8,11-13H2,1-3H3. The van der Waals surface area contributed by atoms with E-state index >= 15 is 0 Å². The van der Waals surface area contributed by atoms with Crippen LogP contribution in [0.1, 0.15) is 52.9 Å². The van der Waals surface area contributed by atoms with E-state index in [1.807, 2.05) is 0 Å². The van der Waals surface area contributed by atoms with E-state index in [0.29, 0.717) is 11.5 Å². The van der Waals surface area contributed by atoms with E-state index in [0.717, 1.165) is 5.92 Å². The molecular weight excluding hydrogens is 218 g/mol. The van der Waals surface area contributed by atoms with Gasteiger partial charge in [0.15, 0.2) is 0 Å². The van der Waals surface area contributed by atoms with Crippen LogP contribution in [0, 0.1) is 11.3 Å². The highest BCUT2D eigenvalue weighted by molar-refractivity contribution is 5.43. The molecule has 1 fully saturated rings. The van der Waals surface area contributed by atoms with Crippen molar-refractivity contribution in [1.29, 1.82) is 0 Å². The Balaban J connectivity index is 1.90. The van der Waals surface area contributed by atoms with Gasteiger partial charge in [-0.05, 0) is 49.1 Å². The Morgan fingerprint density at radius 3 is 2.33 bits per heavy atom. The van der Waals surface area contributed by atoms with Crippen molar-refractivity contribution in [1.82, 2.24) is 0 Å². The van der Waals surface area contributed by atoms with Crippen LogP contribution >= 0.6 is 0 Å². The third kappa shape index (κ3) is 3.76. The molecular formula is C17H27N. The molecule has 0 radical (unpaired) electrons. The van der Waals surface area contributed by atoms with E-state index in [2.05, 4.69) is 56.4 Å². The van der Waals surface area contributed by atoms with Crippen LogP contribution < -0.4 is 5.32 Å². The third-order valence-corrected chi connectivity index (χ3v) is 4.34. The molecule has 18 heavy (non-hydrogen) atoms. The van der Waals surface area contributed by atoms with Crippen LogP contribution in [0.2, 0.25) is 0 Å². The summed E-state index contributed by atoms with van der Waals surface area (Å²) in [6, 6.07) is 11.3. The topological polar surface area (TPSA) is 12.0 Å². The van der Waals surface area contributed by atoms with Gasteiger partial charge in [0.25, 0.3) is 0 Å². The van der Waals surface area contributed by atoms with Gasteiger partial charge in [0.05, 0.1) is 0 Å². The molecule has 0 heterocycles. The lowest BCUT2D eigenvalue weighted by molar-refractivity contribution is 0.214. The van der Waals surface area contributed by atoms with Gasteiger partial charge in [0, 0.05) is 11.7 Å². The number of hydrogen-bond donors (Lipinski definition) is 1. The van der Waals surface area contributed by atoms with Crippen molar-refractivity contribution in [2.75, 3.05) is 5.32 Å². The minimum atomic E-state index is 0.474. The number of rotatable bonds is 2. The Bertz CT molecular complexity index is 350. The van der Waals surface area contributed by atoms with Crippen LogP contribution in [0.4, 0.5) is 5.69 Å². The van der Waals surface area contributed by atoms with Crippen molar-refractivity contribution in [3.05, 3.63) is 30.3 Å². The van der Waals surface area contributed by atoms with Gasteiger partial charge in [-0.15, -0.1) is 0 Å². The number of hydrogen-bond acceptors (Lipinski definition) is 1. The highest BCUT2D eigenvalue weighted by Gasteiger charge is 2.27. The van der Waals surface area contributed by atoms with Gasteiger partial charge in [0.1, 0.15) is 0 Å². The monoisotopic (exact) mass is 245 g/mol. The summed E-state index contributed by atoms with van der Waals surface area (Å²) < 4.78 is 0. The highest BCUT2D eigenvalue weighted by atomic mass is 14.9. The Hall–Kier alpha value is -0.980. The van der Waals surface area contributed by atoms with Gasteiger partial charge in [-0.1, -0.05) is 45.4 Å². The second-order valence-electron chi connectivity index (χ2n) is 6.78. The molecule has 1 aliphatic rings. The molecule has 0 spiro atoms. The average molecular weight is 245 g/mol. The SMILES string of the molecule is CC(C)(C)C1CCCC(Nc2ccccc2)CC1. The number of nitrogens with one attached hydrogen (secondary N) is 1. The lowest BCUT2D eigenvalue weighted by Crippen LogP contribution is -2.21. The summed E-state index contributed by atoms with van der Waals surface area (Å²) in [4.78, 5) is 0. The third-order valence-electron chi connectivity index (χ3n) is 4.34. The molecule has 0 amide bonds. The first-order chi connectivity index (χ1) is 8.55. The minimum Gasteiger partial charge on any atom is -0.382 e. The zero-order valence-corrected chi connectivity index (χ0v) is 12.1. The quantitative estimate of drug-likeness (QED) is 0.715. The first kappa shape index (κ1) is 13.5. The van der Waals surface area contributed by atoms with Crippen LogP contribution in [0.25, 0.3) is 0 Å². The van der Waals surface area contributed by atoms with Crippen LogP contribution in [0.15, 0.2) is 30.3 Å². The first-order valence-corrected chi connectivity index (χ1v) is 7.37. The van der Waals surface area contributed by atoms with Crippen molar-refractivity contribution in [3.8, 4) is 0 Å². The van der Waals surface area contributed by atoms with Gasteiger partial charge >= 0.3 is 0 Å².